The van der Waals surface area contributed by atoms with Gasteiger partial charge >= 0.3 is 5.97 Å². The molecule has 21 heavy (non-hydrogen) atoms. The second-order valence-corrected chi connectivity index (χ2v) is 7.79. The Morgan fingerprint density at radius 2 is 1.76 bits per heavy atom. The van der Waals surface area contributed by atoms with Crippen LogP contribution in [-0.4, -0.2) is 12.1 Å². The number of carbonyl (C=O) groups excluding carboxylic acids is 1. The molecule has 2 aliphatic rings. The van der Waals surface area contributed by atoms with Gasteiger partial charge < -0.3 is 4.74 Å². The smallest absolute Gasteiger partial charge is 0.330 e. The fourth-order valence-corrected chi connectivity index (χ4v) is 3.88. The predicted molar refractivity (Wildman–Crippen MR) is 86.9 cm³/mol. The van der Waals surface area contributed by atoms with Crippen LogP contribution in [0.3, 0.4) is 0 Å². The Bertz CT molecular complexity index is 373. The van der Waals surface area contributed by atoms with Gasteiger partial charge in [-0.2, -0.15) is 0 Å². The van der Waals surface area contributed by atoms with Crippen molar-refractivity contribution in [3.8, 4) is 0 Å². The number of allylic oxidation sites excluding steroid dienone is 1. The van der Waals surface area contributed by atoms with Crippen LogP contribution in [0, 0.1) is 23.7 Å². The summed E-state index contributed by atoms with van der Waals surface area (Å²) in [6.07, 6.45) is 10.0. The Balaban J connectivity index is 1.92. The van der Waals surface area contributed by atoms with Crippen molar-refractivity contribution in [3.05, 3.63) is 11.6 Å². The average Bonchev–Trinajstić information content (AvgIpc) is 2.41. The first-order valence-electron chi connectivity index (χ1n) is 8.85. The fraction of sp³-hybridized carbons (Fsp3) is 0.842. The second-order valence-electron chi connectivity index (χ2n) is 7.79. The van der Waals surface area contributed by atoms with Crippen molar-refractivity contribution in [2.45, 2.75) is 78.7 Å². The fourth-order valence-electron chi connectivity index (χ4n) is 3.88. The highest BCUT2D eigenvalue weighted by Gasteiger charge is 2.33. The van der Waals surface area contributed by atoms with Gasteiger partial charge in [0.05, 0.1) is 0 Å². The van der Waals surface area contributed by atoms with Gasteiger partial charge in [0, 0.05) is 6.08 Å². The molecule has 0 bridgehead atoms. The first-order valence-corrected chi connectivity index (χ1v) is 8.85. The molecule has 2 heteroatoms. The van der Waals surface area contributed by atoms with Gasteiger partial charge in [-0.1, -0.05) is 39.7 Å². The number of hydrogen-bond donors (Lipinski definition) is 0. The Hall–Kier alpha value is -0.790. The number of esters is 1. The van der Waals surface area contributed by atoms with E-state index < -0.39 is 0 Å². The maximum absolute atomic E-state index is 12.2. The highest BCUT2D eigenvalue weighted by molar-refractivity contribution is 5.83. The van der Waals surface area contributed by atoms with Crippen molar-refractivity contribution < 1.29 is 9.53 Å². The maximum Gasteiger partial charge on any atom is 0.330 e. The van der Waals surface area contributed by atoms with Gasteiger partial charge in [-0.15, -0.1) is 0 Å². The molecule has 0 amide bonds. The third-order valence-electron chi connectivity index (χ3n) is 5.47. The Morgan fingerprint density at radius 1 is 1.10 bits per heavy atom. The number of rotatable bonds is 3. The largest absolute Gasteiger partial charge is 0.459 e. The number of ether oxygens (including phenoxy) is 1. The van der Waals surface area contributed by atoms with E-state index in [2.05, 4.69) is 27.7 Å². The zero-order valence-electron chi connectivity index (χ0n) is 14.2. The first kappa shape index (κ1) is 16.6. The maximum atomic E-state index is 12.2. The molecule has 0 aromatic carbocycles. The van der Waals surface area contributed by atoms with Gasteiger partial charge in [0.15, 0.2) is 0 Å². The van der Waals surface area contributed by atoms with Crippen LogP contribution in [0.1, 0.15) is 72.6 Å². The third kappa shape index (κ3) is 4.86. The molecule has 0 heterocycles. The van der Waals surface area contributed by atoms with Gasteiger partial charge in [-0.05, 0) is 62.2 Å². The summed E-state index contributed by atoms with van der Waals surface area (Å²) >= 11 is 0. The Labute approximate surface area is 130 Å². The third-order valence-corrected chi connectivity index (χ3v) is 5.47. The van der Waals surface area contributed by atoms with E-state index in [0.29, 0.717) is 17.8 Å². The molecule has 0 aromatic heterocycles. The molecule has 0 aliphatic heterocycles. The molecule has 0 N–H and O–H groups in total. The van der Waals surface area contributed by atoms with Crippen molar-refractivity contribution in [3.63, 3.8) is 0 Å². The van der Waals surface area contributed by atoms with E-state index >= 15 is 0 Å². The van der Waals surface area contributed by atoms with E-state index in [4.69, 9.17) is 4.74 Å². The summed E-state index contributed by atoms with van der Waals surface area (Å²) in [6.45, 7) is 9.08. The van der Waals surface area contributed by atoms with E-state index in [1.54, 1.807) is 6.08 Å². The summed E-state index contributed by atoms with van der Waals surface area (Å²) in [7, 11) is 0. The van der Waals surface area contributed by atoms with E-state index in [0.717, 1.165) is 25.2 Å². The molecule has 2 fully saturated rings. The van der Waals surface area contributed by atoms with Crippen LogP contribution in [0.5, 0.6) is 0 Å². The van der Waals surface area contributed by atoms with Crippen molar-refractivity contribution in [1.82, 2.24) is 0 Å². The molecule has 0 unspecified atom stereocenters. The topological polar surface area (TPSA) is 26.3 Å². The lowest BCUT2D eigenvalue weighted by Gasteiger charge is -2.36. The quantitative estimate of drug-likeness (QED) is 0.532. The van der Waals surface area contributed by atoms with Crippen molar-refractivity contribution >= 4 is 5.97 Å². The van der Waals surface area contributed by atoms with Crippen LogP contribution in [0.25, 0.3) is 0 Å². The molecule has 2 aliphatic carbocycles. The summed E-state index contributed by atoms with van der Waals surface area (Å²) < 4.78 is 5.85. The van der Waals surface area contributed by atoms with E-state index in [1.807, 2.05) is 0 Å². The summed E-state index contributed by atoms with van der Waals surface area (Å²) in [4.78, 5) is 12.2. The van der Waals surface area contributed by atoms with Gasteiger partial charge in [-0.25, -0.2) is 4.79 Å². The van der Waals surface area contributed by atoms with Crippen LogP contribution in [0.4, 0.5) is 0 Å². The van der Waals surface area contributed by atoms with Crippen LogP contribution in [-0.2, 0) is 9.53 Å². The number of carbonyl (C=O) groups is 1. The Morgan fingerprint density at radius 3 is 2.38 bits per heavy atom. The van der Waals surface area contributed by atoms with Crippen molar-refractivity contribution in [1.29, 1.82) is 0 Å². The van der Waals surface area contributed by atoms with Crippen molar-refractivity contribution in [2.24, 2.45) is 23.7 Å². The Kier molecular flexibility index (Phi) is 5.89. The highest BCUT2D eigenvalue weighted by atomic mass is 16.5. The zero-order chi connectivity index (χ0) is 15.4. The van der Waals surface area contributed by atoms with Gasteiger partial charge in [-0.3, -0.25) is 0 Å². The molecule has 3 atom stereocenters. The molecule has 0 aromatic rings. The minimum atomic E-state index is -0.0932. The van der Waals surface area contributed by atoms with Gasteiger partial charge in [0.2, 0.25) is 0 Å². The lowest BCUT2D eigenvalue weighted by Crippen LogP contribution is -2.35. The minimum absolute atomic E-state index is 0.0932. The molecular formula is C19H32O2. The van der Waals surface area contributed by atoms with E-state index in [9.17, 15) is 4.79 Å². The average molecular weight is 292 g/mol. The summed E-state index contributed by atoms with van der Waals surface area (Å²) in [5, 5.41) is 0. The van der Waals surface area contributed by atoms with Crippen molar-refractivity contribution in [2.75, 3.05) is 0 Å². The monoisotopic (exact) mass is 292 g/mol. The molecule has 2 nitrogen and oxygen atoms in total. The molecule has 0 radical (unpaired) electrons. The van der Waals surface area contributed by atoms with E-state index in [1.165, 1.54) is 31.3 Å². The summed E-state index contributed by atoms with van der Waals surface area (Å²) in [5.74, 6) is 2.53. The standard InChI is InChI=1S/C19H32O2/c1-13(2)17-10-7-15(4)11-18(17)21-19(20)12-16-8-5-14(3)6-9-16/h12-15,17-18H,5-11H2,1-4H3/t14?,15-,17+,18-/m1/s1. The normalized spacial score (nSPS) is 33.9. The lowest BCUT2D eigenvalue weighted by atomic mass is 9.75. The van der Waals surface area contributed by atoms with Crippen LogP contribution in [0.2, 0.25) is 0 Å². The second kappa shape index (κ2) is 7.47. The van der Waals surface area contributed by atoms with Gasteiger partial charge in [0.1, 0.15) is 6.10 Å². The summed E-state index contributed by atoms with van der Waals surface area (Å²) in [5.41, 5.74) is 1.29. The van der Waals surface area contributed by atoms with Crippen LogP contribution < -0.4 is 0 Å². The molecule has 0 saturated heterocycles. The van der Waals surface area contributed by atoms with Crippen LogP contribution >= 0.6 is 0 Å². The first-order chi connectivity index (χ1) is 9.95. The molecule has 2 saturated carbocycles. The highest BCUT2D eigenvalue weighted by Crippen LogP contribution is 2.35. The van der Waals surface area contributed by atoms with Crippen LogP contribution in [0.15, 0.2) is 11.6 Å². The molecular weight excluding hydrogens is 260 g/mol. The predicted octanol–water partition coefficient (Wildman–Crippen LogP) is 5.13. The minimum Gasteiger partial charge on any atom is -0.459 e. The summed E-state index contributed by atoms with van der Waals surface area (Å²) in [6, 6.07) is 0. The van der Waals surface area contributed by atoms with E-state index in [-0.39, 0.29) is 12.1 Å². The van der Waals surface area contributed by atoms with Gasteiger partial charge in [0.25, 0.3) is 0 Å². The number of hydrogen-bond acceptors (Lipinski definition) is 2. The zero-order valence-corrected chi connectivity index (χ0v) is 14.2. The molecule has 2 rings (SSSR count). The SMILES string of the molecule is CC1CCC(=CC(=O)O[C@@H]2C[C@H](C)CC[C@H]2C(C)C)CC1. The molecule has 120 valence electrons. The lowest BCUT2D eigenvalue weighted by molar-refractivity contribution is -0.149. The molecule has 0 spiro atoms.